The summed E-state index contributed by atoms with van der Waals surface area (Å²) in [7, 11) is 1.66. The Balaban J connectivity index is 1.98. The molecule has 0 radical (unpaired) electrons. The number of hydrogen-bond acceptors (Lipinski definition) is 3. The number of carbonyl (C=O) groups excluding carboxylic acids is 1. The van der Waals surface area contributed by atoms with Crippen molar-refractivity contribution in [2.75, 3.05) is 12.9 Å². The van der Waals surface area contributed by atoms with Gasteiger partial charge in [-0.2, -0.15) is 11.8 Å². The topological polar surface area (TPSA) is 38.3 Å². The van der Waals surface area contributed by atoms with Crippen molar-refractivity contribution in [3.8, 4) is 0 Å². The van der Waals surface area contributed by atoms with Crippen LogP contribution >= 0.6 is 11.8 Å². The van der Waals surface area contributed by atoms with Gasteiger partial charge in [0.2, 0.25) is 0 Å². The average Bonchev–Trinajstić information content (AvgIpc) is 2.87. The summed E-state index contributed by atoms with van der Waals surface area (Å²) in [5, 5.41) is 3.77. The summed E-state index contributed by atoms with van der Waals surface area (Å²) in [6, 6.07) is 7.99. The fourth-order valence-electron chi connectivity index (χ4n) is 2.73. The van der Waals surface area contributed by atoms with E-state index in [9.17, 15) is 4.79 Å². The van der Waals surface area contributed by atoms with E-state index in [1.807, 2.05) is 36.0 Å². The van der Waals surface area contributed by atoms with Crippen LogP contribution in [-0.2, 0) is 11.3 Å². The Morgan fingerprint density at radius 1 is 1.45 bits per heavy atom. The first-order valence-corrected chi connectivity index (χ1v) is 8.29. The number of rotatable bonds is 6. The molecule has 0 saturated heterocycles. The molecule has 0 aromatic heterocycles. The molecule has 1 amide bonds. The highest BCUT2D eigenvalue weighted by Gasteiger charge is 2.28. The Hall–Kier alpha value is -1.00. The zero-order valence-corrected chi connectivity index (χ0v) is 13.0. The summed E-state index contributed by atoms with van der Waals surface area (Å²) >= 11 is 1.96. The minimum absolute atomic E-state index is 0.0385. The Labute approximate surface area is 125 Å². The summed E-state index contributed by atoms with van der Waals surface area (Å²) in [5.41, 5.74) is 1.76. The quantitative estimate of drug-likeness (QED) is 0.875. The summed E-state index contributed by atoms with van der Waals surface area (Å²) in [6.45, 7) is 2.72. The van der Waals surface area contributed by atoms with Gasteiger partial charge in [0, 0.05) is 24.0 Å². The SMILES string of the molecule is CCS[C@@H]1CCC[C@@H]1NC(=O)c1cccc(COC)c1. The van der Waals surface area contributed by atoms with Gasteiger partial charge in [0.25, 0.3) is 5.91 Å². The Morgan fingerprint density at radius 3 is 3.05 bits per heavy atom. The number of thioether (sulfide) groups is 1. The van der Waals surface area contributed by atoms with Gasteiger partial charge in [0.15, 0.2) is 0 Å². The van der Waals surface area contributed by atoms with Gasteiger partial charge in [0.1, 0.15) is 0 Å². The van der Waals surface area contributed by atoms with E-state index in [1.165, 1.54) is 12.8 Å². The molecule has 1 aliphatic carbocycles. The standard InChI is InChI=1S/C16H23NO2S/c1-3-20-15-9-5-8-14(15)17-16(18)13-7-4-6-12(10-13)11-19-2/h4,6-7,10,14-15H,3,5,8-9,11H2,1-2H3,(H,17,18)/t14-,15+/m0/s1. The lowest BCUT2D eigenvalue weighted by atomic mass is 10.1. The zero-order chi connectivity index (χ0) is 14.4. The van der Waals surface area contributed by atoms with Crippen LogP contribution in [0.25, 0.3) is 0 Å². The first-order chi connectivity index (χ1) is 9.74. The molecule has 4 heteroatoms. The molecule has 110 valence electrons. The molecule has 0 aliphatic heterocycles. The molecule has 0 unspecified atom stereocenters. The molecule has 1 fully saturated rings. The lowest BCUT2D eigenvalue weighted by Crippen LogP contribution is -2.38. The predicted molar refractivity (Wildman–Crippen MR) is 84.2 cm³/mol. The van der Waals surface area contributed by atoms with Crippen molar-refractivity contribution < 1.29 is 9.53 Å². The molecular weight excluding hydrogens is 270 g/mol. The second-order valence-electron chi connectivity index (χ2n) is 5.14. The van der Waals surface area contributed by atoms with Crippen LogP contribution in [0.4, 0.5) is 0 Å². The molecule has 2 rings (SSSR count). The van der Waals surface area contributed by atoms with Crippen LogP contribution in [0.2, 0.25) is 0 Å². The molecule has 1 aromatic carbocycles. The fourth-order valence-corrected chi connectivity index (χ4v) is 3.92. The van der Waals surface area contributed by atoms with E-state index in [-0.39, 0.29) is 5.91 Å². The molecular formula is C16H23NO2S. The van der Waals surface area contributed by atoms with Crippen molar-refractivity contribution in [3.63, 3.8) is 0 Å². The first-order valence-electron chi connectivity index (χ1n) is 7.25. The zero-order valence-electron chi connectivity index (χ0n) is 12.2. The third-order valence-electron chi connectivity index (χ3n) is 3.65. The van der Waals surface area contributed by atoms with Gasteiger partial charge in [-0.25, -0.2) is 0 Å². The van der Waals surface area contributed by atoms with Crippen LogP contribution in [0, 0.1) is 0 Å². The number of methoxy groups -OCH3 is 1. The molecule has 3 nitrogen and oxygen atoms in total. The lowest BCUT2D eigenvalue weighted by molar-refractivity contribution is 0.0938. The molecule has 1 aromatic rings. The van der Waals surface area contributed by atoms with Gasteiger partial charge in [-0.15, -0.1) is 0 Å². The van der Waals surface area contributed by atoms with Gasteiger partial charge < -0.3 is 10.1 Å². The van der Waals surface area contributed by atoms with Crippen molar-refractivity contribution in [1.82, 2.24) is 5.32 Å². The third-order valence-corrected chi connectivity index (χ3v) is 4.98. The maximum Gasteiger partial charge on any atom is 0.251 e. The predicted octanol–water partition coefficient (Wildman–Crippen LogP) is 3.24. The average molecular weight is 293 g/mol. The Kier molecular flexibility index (Phi) is 5.92. The highest BCUT2D eigenvalue weighted by atomic mass is 32.2. The Bertz CT molecular complexity index is 450. The lowest BCUT2D eigenvalue weighted by Gasteiger charge is -2.20. The van der Waals surface area contributed by atoms with Crippen LogP contribution in [0.5, 0.6) is 0 Å². The summed E-state index contributed by atoms with van der Waals surface area (Å²) < 4.78 is 5.11. The number of ether oxygens (including phenoxy) is 1. The minimum Gasteiger partial charge on any atom is -0.380 e. The molecule has 0 heterocycles. The molecule has 1 N–H and O–H groups in total. The Morgan fingerprint density at radius 2 is 2.30 bits per heavy atom. The summed E-state index contributed by atoms with van der Waals surface area (Å²) in [5.74, 6) is 1.15. The van der Waals surface area contributed by atoms with E-state index in [4.69, 9.17) is 4.74 Å². The second-order valence-corrected chi connectivity index (χ2v) is 6.65. The third kappa shape index (κ3) is 4.00. The number of carbonyl (C=O) groups is 1. The van der Waals surface area contributed by atoms with E-state index in [0.29, 0.717) is 17.9 Å². The highest BCUT2D eigenvalue weighted by Crippen LogP contribution is 2.30. The van der Waals surface area contributed by atoms with Crippen LogP contribution in [0.1, 0.15) is 42.1 Å². The fraction of sp³-hybridized carbons (Fsp3) is 0.562. The molecule has 2 atom stereocenters. The minimum atomic E-state index is 0.0385. The number of hydrogen-bond donors (Lipinski definition) is 1. The molecule has 0 bridgehead atoms. The smallest absolute Gasteiger partial charge is 0.251 e. The van der Waals surface area contributed by atoms with Gasteiger partial charge in [-0.1, -0.05) is 25.5 Å². The molecule has 1 saturated carbocycles. The van der Waals surface area contributed by atoms with Crippen molar-refractivity contribution >= 4 is 17.7 Å². The molecule has 1 aliphatic rings. The van der Waals surface area contributed by atoms with E-state index < -0.39 is 0 Å². The highest BCUT2D eigenvalue weighted by molar-refractivity contribution is 7.99. The van der Waals surface area contributed by atoms with Gasteiger partial charge >= 0.3 is 0 Å². The van der Waals surface area contributed by atoms with Gasteiger partial charge in [-0.3, -0.25) is 4.79 Å². The van der Waals surface area contributed by atoms with Crippen molar-refractivity contribution in [1.29, 1.82) is 0 Å². The van der Waals surface area contributed by atoms with Gasteiger partial charge in [0.05, 0.1) is 6.61 Å². The number of benzene rings is 1. The van der Waals surface area contributed by atoms with Crippen molar-refractivity contribution in [2.45, 2.75) is 44.1 Å². The maximum absolute atomic E-state index is 12.3. The largest absolute Gasteiger partial charge is 0.380 e. The van der Waals surface area contributed by atoms with Crippen LogP contribution in [0.15, 0.2) is 24.3 Å². The van der Waals surface area contributed by atoms with E-state index in [2.05, 4.69) is 12.2 Å². The van der Waals surface area contributed by atoms with E-state index in [1.54, 1.807) is 7.11 Å². The first kappa shape index (κ1) is 15.4. The van der Waals surface area contributed by atoms with Crippen LogP contribution in [0.3, 0.4) is 0 Å². The summed E-state index contributed by atoms with van der Waals surface area (Å²) in [4.78, 5) is 12.3. The van der Waals surface area contributed by atoms with Crippen molar-refractivity contribution in [2.24, 2.45) is 0 Å². The molecule has 20 heavy (non-hydrogen) atoms. The number of amides is 1. The van der Waals surface area contributed by atoms with Crippen molar-refractivity contribution in [3.05, 3.63) is 35.4 Å². The van der Waals surface area contributed by atoms with E-state index >= 15 is 0 Å². The van der Waals surface area contributed by atoms with Gasteiger partial charge in [-0.05, 0) is 36.3 Å². The molecule has 0 spiro atoms. The monoisotopic (exact) mass is 293 g/mol. The summed E-state index contributed by atoms with van der Waals surface area (Å²) in [6.07, 6.45) is 3.53. The van der Waals surface area contributed by atoms with Crippen LogP contribution < -0.4 is 5.32 Å². The maximum atomic E-state index is 12.3. The normalized spacial score (nSPS) is 21.9. The number of nitrogens with one attached hydrogen (secondary N) is 1. The van der Waals surface area contributed by atoms with E-state index in [0.717, 1.165) is 23.3 Å². The second kappa shape index (κ2) is 7.70. The van der Waals surface area contributed by atoms with Crippen LogP contribution in [-0.4, -0.2) is 30.1 Å².